The van der Waals surface area contributed by atoms with E-state index in [-0.39, 0.29) is 11.6 Å². The maximum atomic E-state index is 13.0. The Bertz CT molecular complexity index is 1060. The predicted octanol–water partition coefficient (Wildman–Crippen LogP) is 4.48. The Morgan fingerprint density at radius 1 is 0.967 bits per heavy atom. The molecule has 0 saturated carbocycles. The molecule has 1 aromatic heterocycles. The van der Waals surface area contributed by atoms with Crippen molar-refractivity contribution in [2.75, 3.05) is 19.5 Å². The van der Waals surface area contributed by atoms with E-state index in [9.17, 15) is 9.59 Å². The summed E-state index contributed by atoms with van der Waals surface area (Å²) in [6.07, 6.45) is 1.65. The third-order valence-electron chi connectivity index (χ3n) is 4.28. The number of ether oxygens (including phenoxy) is 2. The zero-order valence-electron chi connectivity index (χ0n) is 16.9. The van der Waals surface area contributed by atoms with Gasteiger partial charge in [0, 0.05) is 22.2 Å². The fraction of sp³-hybridized carbons (Fsp3) is 0.130. The lowest BCUT2D eigenvalue weighted by atomic mass is 10.1. The van der Waals surface area contributed by atoms with Crippen LogP contribution in [0.25, 0.3) is 6.08 Å². The molecule has 0 aliphatic carbocycles. The third-order valence-corrected chi connectivity index (χ3v) is 5.10. The molecule has 0 spiro atoms. The summed E-state index contributed by atoms with van der Waals surface area (Å²) < 4.78 is 10.5. The van der Waals surface area contributed by atoms with E-state index in [0.717, 1.165) is 10.4 Å². The molecule has 0 aliphatic heterocycles. The summed E-state index contributed by atoms with van der Waals surface area (Å²) >= 11 is 1.47. The first-order valence-electron chi connectivity index (χ1n) is 9.16. The van der Waals surface area contributed by atoms with E-state index in [4.69, 9.17) is 9.47 Å². The highest BCUT2D eigenvalue weighted by atomic mass is 32.1. The lowest BCUT2D eigenvalue weighted by Gasteiger charge is -2.13. The van der Waals surface area contributed by atoms with Crippen LogP contribution in [0.15, 0.2) is 65.7 Å². The number of rotatable bonds is 7. The van der Waals surface area contributed by atoms with E-state index in [2.05, 4.69) is 10.6 Å². The smallest absolute Gasteiger partial charge is 0.272 e. The molecule has 154 valence electrons. The molecule has 0 radical (unpaired) electrons. The van der Waals surface area contributed by atoms with Gasteiger partial charge in [-0.2, -0.15) is 0 Å². The van der Waals surface area contributed by atoms with Crippen molar-refractivity contribution in [3.63, 3.8) is 0 Å². The number of carbonyl (C=O) groups is 2. The number of aryl methyl sites for hydroxylation is 1. The maximum Gasteiger partial charge on any atom is 0.272 e. The minimum absolute atomic E-state index is 0.137. The average Bonchev–Trinajstić information content (AvgIpc) is 3.26. The van der Waals surface area contributed by atoms with E-state index in [1.165, 1.54) is 18.4 Å². The SMILES string of the molecule is COc1ccc(NC(=O)/C(=C/c2cccs2)NC(=O)c2ccc(C)cc2)cc1OC. The van der Waals surface area contributed by atoms with Gasteiger partial charge in [-0.15, -0.1) is 11.3 Å². The number of methoxy groups -OCH3 is 2. The number of carbonyl (C=O) groups excluding carboxylic acids is 2. The maximum absolute atomic E-state index is 13.0. The molecule has 30 heavy (non-hydrogen) atoms. The molecule has 6 nitrogen and oxygen atoms in total. The molecule has 0 atom stereocenters. The molecular formula is C23H22N2O4S. The summed E-state index contributed by atoms with van der Waals surface area (Å²) in [5.41, 5.74) is 2.17. The lowest BCUT2D eigenvalue weighted by Crippen LogP contribution is -2.30. The van der Waals surface area contributed by atoms with Gasteiger partial charge in [0.05, 0.1) is 14.2 Å². The van der Waals surface area contributed by atoms with Crippen LogP contribution >= 0.6 is 11.3 Å². The standard InChI is InChI=1S/C23H22N2O4S/c1-15-6-8-16(9-7-15)22(26)25-19(14-18-5-4-12-30-18)23(27)24-17-10-11-20(28-2)21(13-17)29-3/h4-14H,1-3H3,(H,24,27)(H,25,26)/b19-14-. The highest BCUT2D eigenvalue weighted by Crippen LogP contribution is 2.30. The van der Waals surface area contributed by atoms with Gasteiger partial charge in [-0.25, -0.2) is 0 Å². The van der Waals surface area contributed by atoms with Gasteiger partial charge in [0.25, 0.3) is 11.8 Å². The van der Waals surface area contributed by atoms with Crippen molar-refractivity contribution in [3.8, 4) is 11.5 Å². The van der Waals surface area contributed by atoms with Gasteiger partial charge in [0.1, 0.15) is 5.70 Å². The van der Waals surface area contributed by atoms with E-state index in [1.807, 2.05) is 36.6 Å². The summed E-state index contributed by atoms with van der Waals surface area (Å²) in [5, 5.41) is 7.42. The van der Waals surface area contributed by atoms with Crippen molar-refractivity contribution in [2.24, 2.45) is 0 Å². The van der Waals surface area contributed by atoms with Crippen LogP contribution < -0.4 is 20.1 Å². The lowest BCUT2D eigenvalue weighted by molar-refractivity contribution is -0.113. The fourth-order valence-corrected chi connectivity index (χ4v) is 3.34. The van der Waals surface area contributed by atoms with Crippen molar-refractivity contribution >= 4 is 34.9 Å². The van der Waals surface area contributed by atoms with Gasteiger partial charge in [-0.05, 0) is 48.7 Å². The highest BCUT2D eigenvalue weighted by molar-refractivity contribution is 7.10. The minimum Gasteiger partial charge on any atom is -0.493 e. The van der Waals surface area contributed by atoms with E-state index < -0.39 is 5.91 Å². The van der Waals surface area contributed by atoms with Crippen LogP contribution in [0.2, 0.25) is 0 Å². The normalized spacial score (nSPS) is 11.0. The molecule has 1 heterocycles. The average molecular weight is 423 g/mol. The Morgan fingerprint density at radius 3 is 2.33 bits per heavy atom. The molecule has 2 aromatic carbocycles. The second kappa shape index (κ2) is 9.76. The molecule has 2 N–H and O–H groups in total. The molecule has 0 fully saturated rings. The van der Waals surface area contributed by atoms with Crippen molar-refractivity contribution in [2.45, 2.75) is 6.92 Å². The van der Waals surface area contributed by atoms with Crippen LogP contribution in [0.4, 0.5) is 5.69 Å². The Balaban J connectivity index is 1.84. The zero-order valence-corrected chi connectivity index (χ0v) is 17.7. The first-order valence-corrected chi connectivity index (χ1v) is 10.0. The van der Waals surface area contributed by atoms with Crippen molar-refractivity contribution in [1.29, 1.82) is 0 Å². The van der Waals surface area contributed by atoms with Crippen LogP contribution in [0, 0.1) is 6.92 Å². The molecular weight excluding hydrogens is 400 g/mol. The number of hydrogen-bond acceptors (Lipinski definition) is 5. The first-order chi connectivity index (χ1) is 14.5. The highest BCUT2D eigenvalue weighted by Gasteiger charge is 2.16. The number of thiophene rings is 1. The molecule has 3 rings (SSSR count). The number of nitrogens with one attached hydrogen (secondary N) is 2. The molecule has 0 saturated heterocycles. The second-order valence-electron chi connectivity index (χ2n) is 6.42. The van der Waals surface area contributed by atoms with Crippen molar-refractivity contribution in [1.82, 2.24) is 5.32 Å². The number of amides is 2. The summed E-state index contributed by atoms with van der Waals surface area (Å²) in [6, 6.07) is 15.9. The Labute approximate surface area is 179 Å². The van der Waals surface area contributed by atoms with Crippen LogP contribution in [0.1, 0.15) is 20.8 Å². The molecule has 0 aliphatic rings. The van der Waals surface area contributed by atoms with Gasteiger partial charge in [0.15, 0.2) is 11.5 Å². The van der Waals surface area contributed by atoms with Crippen LogP contribution in [-0.2, 0) is 4.79 Å². The predicted molar refractivity (Wildman–Crippen MR) is 119 cm³/mol. The Hall–Kier alpha value is -3.58. The molecule has 0 bridgehead atoms. The molecule has 0 unspecified atom stereocenters. The van der Waals surface area contributed by atoms with Gasteiger partial charge < -0.3 is 20.1 Å². The second-order valence-corrected chi connectivity index (χ2v) is 7.40. The van der Waals surface area contributed by atoms with Crippen LogP contribution in [0.5, 0.6) is 11.5 Å². The summed E-state index contributed by atoms with van der Waals surface area (Å²) in [5.74, 6) is 0.233. The molecule has 3 aromatic rings. The van der Waals surface area contributed by atoms with Crippen LogP contribution in [0.3, 0.4) is 0 Å². The van der Waals surface area contributed by atoms with E-state index in [1.54, 1.807) is 43.5 Å². The Morgan fingerprint density at radius 2 is 1.70 bits per heavy atom. The summed E-state index contributed by atoms with van der Waals surface area (Å²) in [4.78, 5) is 26.5. The van der Waals surface area contributed by atoms with Gasteiger partial charge in [-0.1, -0.05) is 23.8 Å². The van der Waals surface area contributed by atoms with Gasteiger partial charge >= 0.3 is 0 Å². The fourth-order valence-electron chi connectivity index (χ4n) is 2.69. The quantitative estimate of drug-likeness (QED) is 0.550. The first kappa shape index (κ1) is 21.1. The number of hydrogen-bond donors (Lipinski definition) is 2. The largest absolute Gasteiger partial charge is 0.493 e. The topological polar surface area (TPSA) is 76.7 Å². The number of anilines is 1. The summed E-state index contributed by atoms with van der Waals surface area (Å²) in [6.45, 7) is 1.94. The Kier molecular flexibility index (Phi) is 6.87. The third kappa shape index (κ3) is 5.27. The number of benzene rings is 2. The van der Waals surface area contributed by atoms with Gasteiger partial charge in [-0.3, -0.25) is 9.59 Å². The van der Waals surface area contributed by atoms with Crippen molar-refractivity contribution < 1.29 is 19.1 Å². The monoisotopic (exact) mass is 422 g/mol. The van der Waals surface area contributed by atoms with Crippen LogP contribution in [-0.4, -0.2) is 26.0 Å². The molecule has 2 amide bonds. The van der Waals surface area contributed by atoms with Crippen molar-refractivity contribution in [3.05, 3.63) is 81.7 Å². The molecule has 7 heteroatoms. The minimum atomic E-state index is -0.448. The van der Waals surface area contributed by atoms with Gasteiger partial charge in [0.2, 0.25) is 0 Å². The zero-order chi connectivity index (χ0) is 21.5. The van der Waals surface area contributed by atoms with E-state index >= 15 is 0 Å². The van der Waals surface area contributed by atoms with E-state index in [0.29, 0.717) is 22.7 Å². The summed E-state index contributed by atoms with van der Waals surface area (Å²) in [7, 11) is 3.06.